The predicted octanol–water partition coefficient (Wildman–Crippen LogP) is 3.70. The first kappa shape index (κ1) is 19.3. The molecule has 1 aliphatic carbocycles. The number of benzene rings is 1. The molecule has 1 aromatic rings. The summed E-state index contributed by atoms with van der Waals surface area (Å²) in [5.74, 6) is 0.285. The van der Waals surface area contributed by atoms with Crippen LogP contribution in [-0.4, -0.2) is 38.7 Å². The topological polar surface area (TPSA) is 54.0 Å². The Hall–Kier alpha value is -1.43. The molecule has 0 spiro atoms. The number of ether oxygens (including phenoxy) is 4. The highest BCUT2D eigenvalue weighted by atomic mass is 16.7. The minimum atomic E-state index is -0.155. The van der Waals surface area contributed by atoms with Gasteiger partial charge in [-0.15, -0.1) is 0 Å². The molecule has 26 heavy (non-hydrogen) atoms. The van der Waals surface area contributed by atoms with Crippen molar-refractivity contribution in [2.75, 3.05) is 20.3 Å². The Morgan fingerprint density at radius 2 is 2.00 bits per heavy atom. The summed E-state index contributed by atoms with van der Waals surface area (Å²) in [5, 5.41) is 0. The summed E-state index contributed by atoms with van der Waals surface area (Å²) in [5.41, 5.74) is 1.16. The summed E-state index contributed by atoms with van der Waals surface area (Å²) in [6.45, 7) is 1.95. The van der Waals surface area contributed by atoms with E-state index in [2.05, 4.69) is 12.1 Å². The lowest BCUT2D eigenvalue weighted by Crippen LogP contribution is -2.34. The number of hydrogen-bond donors (Lipinski definition) is 0. The number of carbonyl (C=O) groups excluding carboxylic acids is 1. The molecule has 4 atom stereocenters. The Balaban J connectivity index is 1.56. The standard InChI is InChI=1S/C21H30O5/c1-23-20(22)13-17-10-11-19(26-21-9-5-6-12-25-21)18(17)15-24-14-16-7-3-2-4-8-16/h2-4,7-8,17-19,21H,5-6,9-15H2,1H3. The van der Waals surface area contributed by atoms with Gasteiger partial charge in [-0.1, -0.05) is 30.3 Å². The highest BCUT2D eigenvalue weighted by molar-refractivity contribution is 5.69. The summed E-state index contributed by atoms with van der Waals surface area (Å²) < 4.78 is 22.9. The van der Waals surface area contributed by atoms with E-state index in [1.807, 2.05) is 18.2 Å². The molecular weight excluding hydrogens is 332 g/mol. The minimum Gasteiger partial charge on any atom is -0.469 e. The first-order chi connectivity index (χ1) is 12.8. The largest absolute Gasteiger partial charge is 0.469 e. The van der Waals surface area contributed by atoms with Gasteiger partial charge in [-0.2, -0.15) is 0 Å². The van der Waals surface area contributed by atoms with E-state index in [4.69, 9.17) is 18.9 Å². The summed E-state index contributed by atoms with van der Waals surface area (Å²) in [6.07, 6.45) is 5.53. The van der Waals surface area contributed by atoms with Crippen molar-refractivity contribution < 1.29 is 23.7 Å². The van der Waals surface area contributed by atoms with Crippen LogP contribution in [0, 0.1) is 11.8 Å². The maximum atomic E-state index is 11.8. The molecule has 4 unspecified atom stereocenters. The summed E-state index contributed by atoms with van der Waals surface area (Å²) in [6, 6.07) is 10.1. The van der Waals surface area contributed by atoms with E-state index >= 15 is 0 Å². The number of esters is 1. The van der Waals surface area contributed by atoms with Gasteiger partial charge in [0.1, 0.15) is 0 Å². The van der Waals surface area contributed by atoms with Crippen LogP contribution >= 0.6 is 0 Å². The molecule has 0 radical (unpaired) electrons. The predicted molar refractivity (Wildman–Crippen MR) is 97.4 cm³/mol. The van der Waals surface area contributed by atoms with Gasteiger partial charge in [-0.05, 0) is 43.6 Å². The Labute approximate surface area is 156 Å². The van der Waals surface area contributed by atoms with Crippen molar-refractivity contribution in [1.29, 1.82) is 0 Å². The van der Waals surface area contributed by atoms with E-state index in [0.29, 0.717) is 19.6 Å². The lowest BCUT2D eigenvalue weighted by atomic mass is 9.92. The molecule has 0 amide bonds. The van der Waals surface area contributed by atoms with Crippen LogP contribution in [0.5, 0.6) is 0 Å². The van der Waals surface area contributed by atoms with Crippen LogP contribution in [0.1, 0.15) is 44.1 Å². The first-order valence-electron chi connectivity index (χ1n) is 9.72. The van der Waals surface area contributed by atoms with Crippen molar-refractivity contribution in [1.82, 2.24) is 0 Å². The van der Waals surface area contributed by atoms with Gasteiger partial charge in [-0.25, -0.2) is 0 Å². The van der Waals surface area contributed by atoms with E-state index in [0.717, 1.165) is 44.3 Å². The zero-order valence-electron chi connectivity index (χ0n) is 15.6. The third-order valence-corrected chi connectivity index (χ3v) is 5.45. The van der Waals surface area contributed by atoms with Gasteiger partial charge in [0.15, 0.2) is 6.29 Å². The molecule has 2 fully saturated rings. The Kier molecular flexibility index (Phi) is 7.47. The quantitative estimate of drug-likeness (QED) is 0.660. The van der Waals surface area contributed by atoms with Crippen LogP contribution in [-0.2, 0) is 30.3 Å². The van der Waals surface area contributed by atoms with Crippen LogP contribution in [0.3, 0.4) is 0 Å². The van der Waals surface area contributed by atoms with E-state index in [1.54, 1.807) is 0 Å². The monoisotopic (exact) mass is 362 g/mol. The molecule has 1 aliphatic heterocycles. The van der Waals surface area contributed by atoms with Gasteiger partial charge in [0.25, 0.3) is 0 Å². The molecule has 1 aromatic carbocycles. The smallest absolute Gasteiger partial charge is 0.305 e. The second kappa shape index (κ2) is 10.0. The molecule has 1 saturated heterocycles. The molecule has 5 nitrogen and oxygen atoms in total. The molecule has 0 N–H and O–H groups in total. The van der Waals surface area contributed by atoms with Crippen LogP contribution in [0.25, 0.3) is 0 Å². The molecule has 0 aromatic heterocycles. The third-order valence-electron chi connectivity index (χ3n) is 5.45. The van der Waals surface area contributed by atoms with Gasteiger partial charge in [-0.3, -0.25) is 4.79 Å². The second-order valence-corrected chi connectivity index (χ2v) is 7.25. The fourth-order valence-electron chi connectivity index (χ4n) is 3.97. The van der Waals surface area contributed by atoms with Crippen molar-refractivity contribution in [3.8, 4) is 0 Å². The molecular formula is C21H30O5. The fourth-order valence-corrected chi connectivity index (χ4v) is 3.97. The van der Waals surface area contributed by atoms with Crippen LogP contribution in [0.4, 0.5) is 0 Å². The Morgan fingerprint density at radius 3 is 2.73 bits per heavy atom. The minimum absolute atomic E-state index is 0.0866. The maximum absolute atomic E-state index is 11.8. The number of methoxy groups -OCH3 is 1. The summed E-state index contributed by atoms with van der Waals surface area (Å²) in [7, 11) is 1.45. The lowest BCUT2D eigenvalue weighted by molar-refractivity contribution is -0.199. The van der Waals surface area contributed by atoms with Crippen LogP contribution in [0.2, 0.25) is 0 Å². The van der Waals surface area contributed by atoms with Crippen molar-refractivity contribution in [2.24, 2.45) is 11.8 Å². The molecule has 144 valence electrons. The first-order valence-corrected chi connectivity index (χ1v) is 9.72. The van der Waals surface area contributed by atoms with E-state index in [1.165, 1.54) is 7.11 Å². The SMILES string of the molecule is COC(=O)CC1CCC(OC2CCCCO2)C1COCc1ccccc1. The molecule has 2 aliphatic rings. The van der Waals surface area contributed by atoms with Gasteiger partial charge in [0, 0.05) is 18.9 Å². The summed E-state index contributed by atoms with van der Waals surface area (Å²) in [4.78, 5) is 11.8. The van der Waals surface area contributed by atoms with Crippen LogP contribution < -0.4 is 0 Å². The molecule has 5 heteroatoms. The number of carbonyl (C=O) groups is 1. The summed E-state index contributed by atoms with van der Waals surface area (Å²) >= 11 is 0. The van der Waals surface area contributed by atoms with Crippen molar-refractivity contribution in [2.45, 2.75) is 57.5 Å². The average molecular weight is 362 g/mol. The molecule has 3 rings (SSSR count). The number of hydrogen-bond acceptors (Lipinski definition) is 5. The van der Waals surface area contributed by atoms with Crippen LogP contribution in [0.15, 0.2) is 30.3 Å². The lowest BCUT2D eigenvalue weighted by Gasteiger charge is -2.30. The van der Waals surface area contributed by atoms with E-state index < -0.39 is 0 Å². The molecule has 1 heterocycles. The molecule has 0 bridgehead atoms. The molecule has 1 saturated carbocycles. The normalized spacial score (nSPS) is 28.8. The van der Waals surface area contributed by atoms with Crippen molar-refractivity contribution in [3.05, 3.63) is 35.9 Å². The fraction of sp³-hybridized carbons (Fsp3) is 0.667. The van der Waals surface area contributed by atoms with E-state index in [-0.39, 0.29) is 30.2 Å². The van der Waals surface area contributed by atoms with Crippen molar-refractivity contribution in [3.63, 3.8) is 0 Å². The highest BCUT2D eigenvalue weighted by Gasteiger charge is 2.39. The number of rotatable bonds is 8. The van der Waals surface area contributed by atoms with Gasteiger partial charge in [0.05, 0.1) is 26.4 Å². The average Bonchev–Trinajstić information content (AvgIpc) is 3.04. The Bertz CT molecular complexity index is 541. The van der Waals surface area contributed by atoms with Gasteiger partial charge < -0.3 is 18.9 Å². The van der Waals surface area contributed by atoms with Crippen molar-refractivity contribution >= 4 is 5.97 Å². The van der Waals surface area contributed by atoms with Gasteiger partial charge in [0.2, 0.25) is 0 Å². The maximum Gasteiger partial charge on any atom is 0.305 e. The second-order valence-electron chi connectivity index (χ2n) is 7.25. The Morgan fingerprint density at radius 1 is 1.15 bits per heavy atom. The third kappa shape index (κ3) is 5.53. The highest BCUT2D eigenvalue weighted by Crippen LogP contribution is 2.38. The van der Waals surface area contributed by atoms with E-state index in [9.17, 15) is 4.79 Å². The zero-order valence-corrected chi connectivity index (χ0v) is 15.6. The zero-order chi connectivity index (χ0) is 18.2. The van der Waals surface area contributed by atoms with Gasteiger partial charge >= 0.3 is 5.97 Å².